The first-order valence-corrected chi connectivity index (χ1v) is 7.32. The number of hydrogen-bond donors (Lipinski definition) is 1. The summed E-state index contributed by atoms with van der Waals surface area (Å²) in [5, 5.41) is 8.72. The van der Waals surface area contributed by atoms with Gasteiger partial charge in [-0.05, 0) is 18.2 Å². The van der Waals surface area contributed by atoms with E-state index < -0.39 is 27.8 Å². The van der Waals surface area contributed by atoms with Crippen LogP contribution in [-0.2, 0) is 14.8 Å². The molecule has 19 heavy (non-hydrogen) atoms. The Bertz CT molecular complexity index is 670. The zero-order chi connectivity index (χ0) is 14.4. The van der Waals surface area contributed by atoms with Crippen LogP contribution in [0.3, 0.4) is 0 Å². The van der Waals surface area contributed by atoms with Crippen LogP contribution in [0, 0.1) is 5.92 Å². The maximum Gasteiger partial charge on any atom is 0.337 e. The molecular weight excluding hydrogens is 294 g/mol. The molecule has 0 radical (unpaired) electrons. The van der Waals surface area contributed by atoms with Gasteiger partial charge < -0.3 is 5.11 Å². The van der Waals surface area contributed by atoms with E-state index in [2.05, 4.69) is 0 Å². The Hall–Kier alpha value is -1.60. The molecule has 1 heterocycles. The van der Waals surface area contributed by atoms with Crippen molar-refractivity contribution in [1.82, 2.24) is 0 Å². The summed E-state index contributed by atoms with van der Waals surface area (Å²) in [6.45, 7) is 1.52. The van der Waals surface area contributed by atoms with Crippen LogP contribution in [0.15, 0.2) is 18.2 Å². The highest BCUT2D eigenvalue weighted by atomic mass is 35.5. The van der Waals surface area contributed by atoms with Crippen molar-refractivity contribution in [2.24, 2.45) is 5.92 Å². The maximum absolute atomic E-state index is 11.9. The minimum Gasteiger partial charge on any atom is -0.478 e. The molecular formula is C11H10ClNO5S. The maximum atomic E-state index is 11.9. The van der Waals surface area contributed by atoms with Gasteiger partial charge in [-0.1, -0.05) is 18.5 Å². The van der Waals surface area contributed by atoms with Crippen molar-refractivity contribution in [3.8, 4) is 0 Å². The average Bonchev–Trinajstić information content (AvgIpc) is 2.47. The first-order valence-electron chi connectivity index (χ1n) is 5.33. The van der Waals surface area contributed by atoms with Gasteiger partial charge in [-0.3, -0.25) is 4.79 Å². The van der Waals surface area contributed by atoms with E-state index in [1.54, 1.807) is 0 Å². The fourth-order valence-corrected chi connectivity index (χ4v) is 3.96. The highest BCUT2D eigenvalue weighted by Crippen LogP contribution is 2.31. The van der Waals surface area contributed by atoms with Crippen molar-refractivity contribution >= 4 is 39.2 Å². The van der Waals surface area contributed by atoms with E-state index in [0.717, 1.165) is 0 Å². The molecule has 2 rings (SSSR count). The minimum absolute atomic E-state index is 0.0596. The van der Waals surface area contributed by atoms with E-state index in [0.29, 0.717) is 4.31 Å². The summed E-state index contributed by atoms with van der Waals surface area (Å²) in [5.41, 5.74) is -0.0909. The van der Waals surface area contributed by atoms with Crippen LogP contribution in [0.4, 0.5) is 5.69 Å². The Kier molecular flexibility index (Phi) is 3.27. The summed E-state index contributed by atoms with van der Waals surface area (Å²) in [4.78, 5) is 22.7. The molecule has 0 bridgehead atoms. The lowest BCUT2D eigenvalue weighted by molar-refractivity contribution is -0.119. The number of carbonyl (C=O) groups is 2. The molecule has 8 heteroatoms. The van der Waals surface area contributed by atoms with E-state index in [1.807, 2.05) is 0 Å². The van der Waals surface area contributed by atoms with Gasteiger partial charge in [0.15, 0.2) is 0 Å². The van der Waals surface area contributed by atoms with Crippen molar-refractivity contribution < 1.29 is 23.1 Å². The molecule has 1 N–H and O–H groups in total. The third-order valence-corrected chi connectivity index (χ3v) is 4.96. The number of carbonyl (C=O) groups excluding carboxylic acids is 1. The zero-order valence-corrected chi connectivity index (χ0v) is 11.4. The van der Waals surface area contributed by atoms with Gasteiger partial charge in [0.25, 0.3) is 0 Å². The Balaban J connectivity index is 2.51. The first-order chi connectivity index (χ1) is 8.74. The molecule has 0 saturated carbocycles. The molecule has 1 amide bonds. The summed E-state index contributed by atoms with van der Waals surface area (Å²) in [7, 11) is -3.71. The number of hydrogen-bond acceptors (Lipinski definition) is 4. The summed E-state index contributed by atoms with van der Waals surface area (Å²) in [6, 6.07) is 3.59. The quantitative estimate of drug-likeness (QED) is 0.890. The third kappa shape index (κ3) is 2.31. The Labute approximate surface area is 114 Å². The Morgan fingerprint density at radius 2 is 2.11 bits per heavy atom. The number of sulfonamides is 1. The van der Waals surface area contributed by atoms with Gasteiger partial charge in [0.05, 0.1) is 27.9 Å². The fraction of sp³-hybridized carbons (Fsp3) is 0.273. The van der Waals surface area contributed by atoms with Crippen molar-refractivity contribution in [3.05, 3.63) is 28.8 Å². The number of amides is 1. The molecule has 6 nitrogen and oxygen atoms in total. The lowest BCUT2D eigenvalue weighted by Gasteiger charge is -2.15. The van der Waals surface area contributed by atoms with Crippen LogP contribution in [0.5, 0.6) is 0 Å². The van der Waals surface area contributed by atoms with Gasteiger partial charge in [0.1, 0.15) is 0 Å². The predicted octanol–water partition coefficient (Wildman–Crippen LogP) is 1.35. The molecule has 1 aliphatic heterocycles. The van der Waals surface area contributed by atoms with Gasteiger partial charge >= 0.3 is 5.97 Å². The van der Waals surface area contributed by atoms with Crippen molar-refractivity contribution in [1.29, 1.82) is 0 Å². The number of carboxylic acid groups (broad SMARTS) is 1. The predicted molar refractivity (Wildman–Crippen MR) is 68.8 cm³/mol. The molecule has 1 saturated heterocycles. The molecule has 1 aliphatic rings. The number of anilines is 1. The first kappa shape index (κ1) is 13.8. The van der Waals surface area contributed by atoms with Gasteiger partial charge in [-0.25, -0.2) is 17.5 Å². The standard InChI is InChI=1S/C11H10ClNO5S/c1-6-5-19(17,18)13(10(6)14)7-2-3-8(11(15)16)9(12)4-7/h2-4,6H,5H2,1H3,(H,15,16). The molecule has 1 fully saturated rings. The van der Waals surface area contributed by atoms with E-state index in [9.17, 15) is 18.0 Å². The van der Waals surface area contributed by atoms with E-state index in [-0.39, 0.29) is 22.0 Å². The van der Waals surface area contributed by atoms with Crippen LogP contribution in [0.25, 0.3) is 0 Å². The van der Waals surface area contributed by atoms with Crippen molar-refractivity contribution in [2.75, 3.05) is 10.1 Å². The van der Waals surface area contributed by atoms with E-state index in [4.69, 9.17) is 16.7 Å². The number of halogens is 1. The average molecular weight is 304 g/mol. The SMILES string of the molecule is CC1CS(=O)(=O)N(c2ccc(C(=O)O)c(Cl)c2)C1=O. The number of rotatable bonds is 2. The van der Waals surface area contributed by atoms with Crippen molar-refractivity contribution in [3.63, 3.8) is 0 Å². The van der Waals surface area contributed by atoms with Gasteiger partial charge in [0.2, 0.25) is 15.9 Å². The highest BCUT2D eigenvalue weighted by molar-refractivity contribution is 7.94. The van der Waals surface area contributed by atoms with Crippen LogP contribution < -0.4 is 4.31 Å². The Morgan fingerprint density at radius 3 is 2.53 bits per heavy atom. The smallest absolute Gasteiger partial charge is 0.337 e. The van der Waals surface area contributed by atoms with Gasteiger partial charge in [-0.2, -0.15) is 0 Å². The summed E-state index contributed by atoms with van der Waals surface area (Å²) < 4.78 is 24.4. The van der Waals surface area contributed by atoms with E-state index >= 15 is 0 Å². The minimum atomic E-state index is -3.71. The molecule has 0 spiro atoms. The van der Waals surface area contributed by atoms with Crippen LogP contribution in [-0.4, -0.2) is 31.2 Å². The molecule has 0 aromatic heterocycles. The van der Waals surface area contributed by atoms with Crippen LogP contribution >= 0.6 is 11.6 Å². The highest BCUT2D eigenvalue weighted by Gasteiger charge is 2.42. The topological polar surface area (TPSA) is 91.8 Å². The molecule has 1 aromatic rings. The largest absolute Gasteiger partial charge is 0.478 e. The van der Waals surface area contributed by atoms with Crippen LogP contribution in [0.1, 0.15) is 17.3 Å². The van der Waals surface area contributed by atoms with Gasteiger partial charge in [0, 0.05) is 0 Å². The summed E-state index contributed by atoms with van der Waals surface area (Å²) in [6.07, 6.45) is 0. The number of nitrogens with zero attached hydrogens (tertiary/aromatic N) is 1. The molecule has 0 aliphatic carbocycles. The molecule has 102 valence electrons. The third-order valence-electron chi connectivity index (χ3n) is 2.78. The lowest BCUT2D eigenvalue weighted by atomic mass is 10.1. The second-order valence-electron chi connectivity index (χ2n) is 4.25. The second-order valence-corrected chi connectivity index (χ2v) is 6.52. The normalized spacial score (nSPS) is 21.7. The second kappa shape index (κ2) is 4.50. The van der Waals surface area contributed by atoms with Gasteiger partial charge in [-0.15, -0.1) is 0 Å². The zero-order valence-electron chi connectivity index (χ0n) is 9.83. The lowest BCUT2D eigenvalue weighted by Crippen LogP contribution is -2.30. The fourth-order valence-electron chi connectivity index (χ4n) is 1.89. The molecule has 1 unspecified atom stereocenters. The monoisotopic (exact) mass is 303 g/mol. The number of aromatic carboxylic acids is 1. The number of benzene rings is 1. The molecule has 1 aromatic carbocycles. The summed E-state index contributed by atoms with van der Waals surface area (Å²) >= 11 is 5.77. The van der Waals surface area contributed by atoms with E-state index in [1.165, 1.54) is 25.1 Å². The molecule has 1 atom stereocenters. The van der Waals surface area contributed by atoms with Crippen molar-refractivity contribution in [2.45, 2.75) is 6.92 Å². The van der Waals surface area contributed by atoms with Crippen LogP contribution in [0.2, 0.25) is 5.02 Å². The summed E-state index contributed by atoms with van der Waals surface area (Å²) in [5.74, 6) is -2.65. The Morgan fingerprint density at radius 1 is 1.47 bits per heavy atom. The number of carboxylic acids is 1.